The summed E-state index contributed by atoms with van der Waals surface area (Å²) >= 11 is 1.52. The minimum atomic E-state index is -0.166. The van der Waals surface area contributed by atoms with E-state index in [0.717, 1.165) is 31.2 Å². The standard InChI is InChI=1S/C19H22N2O2S/c1-12(2)20-19(23)17-16(14-10-6-7-11-15(14)24-17)21-18(22)13-8-4-3-5-9-13/h3-5,8-9,12H,6-7,10-11H2,1-2H3,(H,20,23)(H,21,22). The quantitative estimate of drug-likeness (QED) is 0.882. The zero-order valence-electron chi connectivity index (χ0n) is 14.0. The molecule has 1 aromatic heterocycles. The van der Waals surface area contributed by atoms with Crippen molar-refractivity contribution in [3.8, 4) is 0 Å². The van der Waals surface area contributed by atoms with Gasteiger partial charge >= 0.3 is 0 Å². The number of carbonyl (C=O) groups is 2. The van der Waals surface area contributed by atoms with Gasteiger partial charge in [-0.1, -0.05) is 18.2 Å². The molecule has 1 aliphatic rings. The van der Waals surface area contributed by atoms with Gasteiger partial charge in [-0.25, -0.2) is 0 Å². The van der Waals surface area contributed by atoms with Crippen LogP contribution in [0, 0.1) is 0 Å². The van der Waals surface area contributed by atoms with E-state index in [2.05, 4.69) is 10.6 Å². The van der Waals surface area contributed by atoms with Crippen LogP contribution in [0.3, 0.4) is 0 Å². The van der Waals surface area contributed by atoms with Gasteiger partial charge in [0.1, 0.15) is 4.88 Å². The van der Waals surface area contributed by atoms with Crippen molar-refractivity contribution in [1.82, 2.24) is 5.32 Å². The molecule has 1 heterocycles. The molecule has 1 aromatic carbocycles. The highest BCUT2D eigenvalue weighted by Crippen LogP contribution is 2.38. The molecule has 24 heavy (non-hydrogen) atoms. The minimum Gasteiger partial charge on any atom is -0.349 e. The van der Waals surface area contributed by atoms with Crippen molar-refractivity contribution in [3.63, 3.8) is 0 Å². The highest BCUT2D eigenvalue weighted by atomic mass is 32.1. The lowest BCUT2D eigenvalue weighted by Gasteiger charge is -2.14. The Morgan fingerprint density at radius 2 is 1.75 bits per heavy atom. The Kier molecular flexibility index (Phi) is 5.00. The number of anilines is 1. The summed E-state index contributed by atoms with van der Waals surface area (Å²) in [5.41, 5.74) is 2.45. The van der Waals surface area contributed by atoms with Gasteiger partial charge in [0, 0.05) is 16.5 Å². The maximum Gasteiger partial charge on any atom is 0.263 e. The van der Waals surface area contributed by atoms with Gasteiger partial charge in [-0.05, 0) is 57.2 Å². The molecule has 0 unspecified atom stereocenters. The van der Waals surface area contributed by atoms with Crippen LogP contribution in [0.1, 0.15) is 57.2 Å². The van der Waals surface area contributed by atoms with Gasteiger partial charge in [0.2, 0.25) is 0 Å². The molecular formula is C19H22N2O2S. The van der Waals surface area contributed by atoms with E-state index < -0.39 is 0 Å². The average molecular weight is 342 g/mol. The molecule has 0 bridgehead atoms. The Hall–Kier alpha value is -2.14. The summed E-state index contributed by atoms with van der Waals surface area (Å²) in [6.45, 7) is 3.88. The highest BCUT2D eigenvalue weighted by molar-refractivity contribution is 7.15. The molecule has 0 atom stereocenters. The molecule has 126 valence electrons. The maximum atomic E-state index is 12.6. The summed E-state index contributed by atoms with van der Waals surface area (Å²) in [7, 11) is 0. The van der Waals surface area contributed by atoms with Gasteiger partial charge < -0.3 is 10.6 Å². The number of rotatable bonds is 4. The van der Waals surface area contributed by atoms with Gasteiger partial charge in [-0.15, -0.1) is 11.3 Å². The van der Waals surface area contributed by atoms with Crippen LogP contribution in [0.4, 0.5) is 5.69 Å². The Morgan fingerprint density at radius 1 is 1.04 bits per heavy atom. The van der Waals surface area contributed by atoms with Crippen molar-refractivity contribution < 1.29 is 9.59 Å². The molecule has 0 saturated carbocycles. The number of hydrogen-bond acceptors (Lipinski definition) is 3. The molecule has 2 aromatic rings. The second kappa shape index (κ2) is 7.18. The molecule has 0 fully saturated rings. The van der Waals surface area contributed by atoms with E-state index in [-0.39, 0.29) is 17.9 Å². The summed E-state index contributed by atoms with van der Waals surface area (Å²) in [5, 5.41) is 5.94. The Balaban J connectivity index is 1.94. The van der Waals surface area contributed by atoms with Crippen LogP contribution in [0.2, 0.25) is 0 Å². The molecule has 5 heteroatoms. The number of nitrogens with one attached hydrogen (secondary N) is 2. The number of benzene rings is 1. The largest absolute Gasteiger partial charge is 0.349 e. The second-order valence-electron chi connectivity index (χ2n) is 6.36. The third kappa shape index (κ3) is 3.51. The molecule has 1 aliphatic carbocycles. The Labute approximate surface area is 146 Å². The van der Waals surface area contributed by atoms with E-state index in [1.54, 1.807) is 12.1 Å². The monoisotopic (exact) mass is 342 g/mol. The lowest BCUT2D eigenvalue weighted by Crippen LogP contribution is -2.30. The molecule has 3 rings (SSSR count). The van der Waals surface area contributed by atoms with Gasteiger partial charge in [0.25, 0.3) is 11.8 Å². The van der Waals surface area contributed by atoms with Crippen LogP contribution in [-0.4, -0.2) is 17.9 Å². The van der Waals surface area contributed by atoms with E-state index in [1.807, 2.05) is 32.0 Å². The second-order valence-corrected chi connectivity index (χ2v) is 7.47. The van der Waals surface area contributed by atoms with E-state index in [0.29, 0.717) is 16.1 Å². The van der Waals surface area contributed by atoms with Crippen LogP contribution >= 0.6 is 11.3 Å². The summed E-state index contributed by atoms with van der Waals surface area (Å²) < 4.78 is 0. The zero-order chi connectivity index (χ0) is 17.1. The molecular weight excluding hydrogens is 320 g/mol. The zero-order valence-corrected chi connectivity index (χ0v) is 14.8. The Bertz CT molecular complexity index is 750. The van der Waals surface area contributed by atoms with Crippen molar-refractivity contribution in [1.29, 1.82) is 0 Å². The van der Waals surface area contributed by atoms with Crippen LogP contribution < -0.4 is 10.6 Å². The van der Waals surface area contributed by atoms with E-state index in [4.69, 9.17) is 0 Å². The first-order chi connectivity index (χ1) is 11.6. The lowest BCUT2D eigenvalue weighted by molar-refractivity contribution is 0.0948. The fourth-order valence-electron chi connectivity index (χ4n) is 2.96. The maximum absolute atomic E-state index is 12.6. The van der Waals surface area contributed by atoms with Crippen molar-refractivity contribution in [3.05, 3.63) is 51.2 Å². The van der Waals surface area contributed by atoms with Crippen molar-refractivity contribution in [2.24, 2.45) is 0 Å². The topological polar surface area (TPSA) is 58.2 Å². The lowest BCUT2D eigenvalue weighted by atomic mass is 9.97. The number of fused-ring (bicyclic) bond motifs is 1. The fraction of sp³-hybridized carbons (Fsp3) is 0.368. The predicted octanol–water partition coefficient (Wildman–Crippen LogP) is 4.02. The third-order valence-corrected chi connectivity index (χ3v) is 5.36. The van der Waals surface area contributed by atoms with Gasteiger partial charge in [-0.3, -0.25) is 9.59 Å². The number of aryl methyl sites for hydroxylation is 1. The number of carbonyl (C=O) groups excluding carboxylic acids is 2. The predicted molar refractivity (Wildman–Crippen MR) is 98.0 cm³/mol. The minimum absolute atomic E-state index is 0.0642. The van der Waals surface area contributed by atoms with Crippen molar-refractivity contribution >= 4 is 28.8 Å². The summed E-state index contributed by atoms with van der Waals surface area (Å²) in [6, 6.07) is 9.18. The van der Waals surface area contributed by atoms with E-state index in [9.17, 15) is 9.59 Å². The highest BCUT2D eigenvalue weighted by Gasteiger charge is 2.26. The van der Waals surface area contributed by atoms with Crippen molar-refractivity contribution in [2.75, 3.05) is 5.32 Å². The van der Waals surface area contributed by atoms with Crippen LogP contribution in [0.25, 0.3) is 0 Å². The normalized spacial score (nSPS) is 13.5. The summed E-state index contributed by atoms with van der Waals surface area (Å²) in [4.78, 5) is 27.0. The first-order valence-corrected chi connectivity index (χ1v) is 9.19. The smallest absolute Gasteiger partial charge is 0.263 e. The average Bonchev–Trinajstić information content (AvgIpc) is 2.94. The molecule has 4 nitrogen and oxygen atoms in total. The van der Waals surface area contributed by atoms with Crippen LogP contribution in [0.15, 0.2) is 30.3 Å². The molecule has 0 aliphatic heterocycles. The van der Waals surface area contributed by atoms with Crippen molar-refractivity contribution in [2.45, 2.75) is 45.6 Å². The summed E-state index contributed by atoms with van der Waals surface area (Å²) in [6.07, 6.45) is 4.16. The fourth-order valence-corrected chi connectivity index (χ4v) is 4.21. The first-order valence-electron chi connectivity index (χ1n) is 8.38. The third-order valence-electron chi connectivity index (χ3n) is 4.07. The van der Waals surface area contributed by atoms with Crippen LogP contribution in [-0.2, 0) is 12.8 Å². The van der Waals surface area contributed by atoms with Gasteiger partial charge in [-0.2, -0.15) is 0 Å². The van der Waals surface area contributed by atoms with Crippen LogP contribution in [0.5, 0.6) is 0 Å². The summed E-state index contributed by atoms with van der Waals surface area (Å²) in [5.74, 6) is -0.270. The number of hydrogen-bond donors (Lipinski definition) is 2. The molecule has 2 N–H and O–H groups in total. The van der Waals surface area contributed by atoms with Gasteiger partial charge in [0.15, 0.2) is 0 Å². The molecule has 2 amide bonds. The SMILES string of the molecule is CC(C)NC(=O)c1sc2c(c1NC(=O)c1ccccc1)CCCC2. The molecule has 0 spiro atoms. The first kappa shape index (κ1) is 16.7. The van der Waals surface area contributed by atoms with E-state index in [1.165, 1.54) is 16.2 Å². The number of amides is 2. The van der Waals surface area contributed by atoms with E-state index >= 15 is 0 Å². The molecule has 0 radical (unpaired) electrons. The molecule has 0 saturated heterocycles. The Morgan fingerprint density at radius 3 is 2.46 bits per heavy atom. The van der Waals surface area contributed by atoms with Gasteiger partial charge in [0.05, 0.1) is 5.69 Å². The number of thiophene rings is 1.